The number of hydrogen-bond acceptors (Lipinski definition) is 4. The Hall–Kier alpha value is -1.63. The minimum Gasteiger partial charge on any atom is -0.329 e. The number of halogens is 2. The van der Waals surface area contributed by atoms with Crippen LogP contribution < -0.4 is 11.1 Å². The number of amides is 1. The summed E-state index contributed by atoms with van der Waals surface area (Å²) in [5.41, 5.74) is 7.35. The van der Waals surface area contributed by atoms with E-state index in [4.69, 9.17) is 5.73 Å². The van der Waals surface area contributed by atoms with Crippen molar-refractivity contribution in [2.75, 3.05) is 11.9 Å². The van der Waals surface area contributed by atoms with E-state index in [2.05, 4.69) is 15.4 Å². The van der Waals surface area contributed by atoms with Crippen molar-refractivity contribution in [2.24, 2.45) is 11.1 Å². The van der Waals surface area contributed by atoms with Crippen molar-refractivity contribution in [1.82, 2.24) is 14.8 Å². The number of nitrogens with two attached hydrogens (primary N) is 1. The monoisotopic (exact) mass is 371 g/mol. The normalized spacial score (nSPS) is 15.2. The first-order chi connectivity index (χ1) is 10.7. The van der Waals surface area contributed by atoms with E-state index in [0.29, 0.717) is 13.1 Å². The van der Waals surface area contributed by atoms with E-state index in [1.807, 2.05) is 24.3 Å². The summed E-state index contributed by atoms with van der Waals surface area (Å²) in [7, 11) is 0. The first-order valence-electron chi connectivity index (χ1n) is 7.65. The molecule has 1 fully saturated rings. The van der Waals surface area contributed by atoms with Crippen molar-refractivity contribution < 1.29 is 4.79 Å². The zero-order valence-corrected chi connectivity index (χ0v) is 15.0. The summed E-state index contributed by atoms with van der Waals surface area (Å²) >= 11 is 0. The van der Waals surface area contributed by atoms with Gasteiger partial charge in [0, 0.05) is 12.2 Å². The van der Waals surface area contributed by atoms with Crippen LogP contribution in [0.15, 0.2) is 36.9 Å². The second kappa shape index (κ2) is 9.01. The fourth-order valence-electron chi connectivity index (χ4n) is 3.09. The predicted molar refractivity (Wildman–Crippen MR) is 98.6 cm³/mol. The average molecular weight is 372 g/mol. The molecule has 0 atom stereocenters. The Labute approximate surface area is 154 Å². The van der Waals surface area contributed by atoms with Gasteiger partial charge in [-0.25, -0.2) is 9.67 Å². The Morgan fingerprint density at radius 1 is 1.29 bits per heavy atom. The predicted octanol–water partition coefficient (Wildman–Crippen LogP) is 2.63. The molecule has 1 aliphatic rings. The maximum atomic E-state index is 12.6. The summed E-state index contributed by atoms with van der Waals surface area (Å²) in [6, 6.07) is 7.82. The van der Waals surface area contributed by atoms with Gasteiger partial charge < -0.3 is 11.1 Å². The number of nitrogens with one attached hydrogen (secondary N) is 1. The van der Waals surface area contributed by atoms with Gasteiger partial charge in [0.15, 0.2) is 0 Å². The van der Waals surface area contributed by atoms with Gasteiger partial charge in [0.2, 0.25) is 5.91 Å². The minimum atomic E-state index is -0.387. The molecule has 1 saturated carbocycles. The van der Waals surface area contributed by atoms with Gasteiger partial charge in [-0.05, 0) is 30.5 Å². The van der Waals surface area contributed by atoms with E-state index >= 15 is 0 Å². The molecule has 1 aromatic carbocycles. The van der Waals surface area contributed by atoms with Crippen molar-refractivity contribution in [3.8, 4) is 0 Å². The second-order valence-corrected chi connectivity index (χ2v) is 5.94. The molecule has 24 heavy (non-hydrogen) atoms. The first kappa shape index (κ1) is 20.4. The molecule has 6 nitrogen and oxygen atoms in total. The third kappa shape index (κ3) is 4.47. The number of carbonyl (C=O) groups is 1. The number of hydrogen-bond donors (Lipinski definition) is 2. The van der Waals surface area contributed by atoms with Gasteiger partial charge in [-0.1, -0.05) is 25.0 Å². The maximum absolute atomic E-state index is 12.6. The third-order valence-electron chi connectivity index (χ3n) is 4.43. The van der Waals surface area contributed by atoms with Crippen molar-refractivity contribution in [3.63, 3.8) is 0 Å². The van der Waals surface area contributed by atoms with Crippen molar-refractivity contribution in [2.45, 2.75) is 32.2 Å². The Morgan fingerprint density at radius 2 is 2.04 bits per heavy atom. The Kier molecular flexibility index (Phi) is 7.66. The molecule has 1 aliphatic carbocycles. The Balaban J connectivity index is 0.00000144. The molecule has 8 heteroatoms. The number of anilines is 1. The van der Waals surface area contributed by atoms with Crippen molar-refractivity contribution in [1.29, 1.82) is 0 Å². The molecular formula is C16H23Cl2N5O. The fourth-order valence-corrected chi connectivity index (χ4v) is 3.09. The molecule has 1 amide bonds. The van der Waals surface area contributed by atoms with Gasteiger partial charge in [0.25, 0.3) is 0 Å². The van der Waals surface area contributed by atoms with E-state index in [9.17, 15) is 4.79 Å². The summed E-state index contributed by atoms with van der Waals surface area (Å²) in [5.74, 6) is 0.0467. The van der Waals surface area contributed by atoms with Crippen LogP contribution >= 0.6 is 24.8 Å². The van der Waals surface area contributed by atoms with Crippen molar-refractivity contribution >= 4 is 36.4 Å². The molecule has 0 bridgehead atoms. The average Bonchev–Trinajstić information content (AvgIpc) is 3.19. The fraction of sp³-hybridized carbons (Fsp3) is 0.438. The van der Waals surface area contributed by atoms with Gasteiger partial charge in [-0.15, -0.1) is 24.8 Å². The standard InChI is InChI=1S/C16H21N5O.2ClH/c17-10-16(6-1-2-7-16)15(22)20-14-5-3-4-13(8-14)9-21-12-18-11-19-21;;/h3-5,8,11-12H,1-2,6-7,9-10,17H2,(H,20,22);2*1H. The molecule has 0 saturated heterocycles. The lowest BCUT2D eigenvalue weighted by Crippen LogP contribution is -2.40. The van der Waals surface area contributed by atoms with Crippen LogP contribution in [0.4, 0.5) is 5.69 Å². The largest absolute Gasteiger partial charge is 0.329 e. The van der Waals surface area contributed by atoms with Crippen LogP contribution in [-0.4, -0.2) is 27.2 Å². The molecule has 132 valence electrons. The summed E-state index contributed by atoms with van der Waals surface area (Å²) < 4.78 is 1.75. The molecule has 0 unspecified atom stereocenters. The highest BCUT2D eigenvalue weighted by Crippen LogP contribution is 2.38. The lowest BCUT2D eigenvalue weighted by molar-refractivity contribution is -0.124. The Morgan fingerprint density at radius 3 is 2.67 bits per heavy atom. The summed E-state index contributed by atoms with van der Waals surface area (Å²) in [6.45, 7) is 1.04. The molecule has 0 radical (unpaired) electrons. The Bertz CT molecular complexity index is 642. The van der Waals surface area contributed by atoms with Crippen LogP contribution in [0.1, 0.15) is 31.2 Å². The van der Waals surface area contributed by atoms with E-state index < -0.39 is 0 Å². The number of carbonyl (C=O) groups excluding carboxylic acids is 1. The third-order valence-corrected chi connectivity index (χ3v) is 4.43. The van der Waals surface area contributed by atoms with Crippen molar-refractivity contribution in [3.05, 3.63) is 42.5 Å². The zero-order valence-electron chi connectivity index (χ0n) is 13.4. The minimum absolute atomic E-state index is 0. The van der Waals surface area contributed by atoms with Gasteiger partial charge in [0.1, 0.15) is 12.7 Å². The number of benzene rings is 1. The quantitative estimate of drug-likeness (QED) is 0.845. The van der Waals surface area contributed by atoms with Gasteiger partial charge in [-0.2, -0.15) is 5.10 Å². The van der Waals surface area contributed by atoms with Crippen LogP contribution in [0.3, 0.4) is 0 Å². The van der Waals surface area contributed by atoms with Gasteiger partial charge >= 0.3 is 0 Å². The molecular weight excluding hydrogens is 349 g/mol. The van der Waals surface area contributed by atoms with E-state index in [-0.39, 0.29) is 36.1 Å². The summed E-state index contributed by atoms with van der Waals surface area (Å²) in [5, 5.41) is 7.12. The van der Waals surface area contributed by atoms with Crippen LogP contribution in [0, 0.1) is 5.41 Å². The number of aromatic nitrogens is 3. The van der Waals surface area contributed by atoms with E-state index in [1.54, 1.807) is 11.0 Å². The lowest BCUT2D eigenvalue weighted by atomic mass is 9.85. The molecule has 2 aromatic rings. The van der Waals surface area contributed by atoms with E-state index in [0.717, 1.165) is 36.9 Å². The van der Waals surface area contributed by atoms with Gasteiger partial charge in [-0.3, -0.25) is 4.79 Å². The second-order valence-electron chi connectivity index (χ2n) is 5.94. The maximum Gasteiger partial charge on any atom is 0.231 e. The van der Waals surface area contributed by atoms with Crippen LogP contribution in [0.25, 0.3) is 0 Å². The molecule has 3 rings (SSSR count). The van der Waals surface area contributed by atoms with Crippen LogP contribution in [-0.2, 0) is 11.3 Å². The van der Waals surface area contributed by atoms with E-state index in [1.165, 1.54) is 6.33 Å². The molecule has 0 spiro atoms. The molecule has 3 N–H and O–H groups in total. The summed E-state index contributed by atoms with van der Waals surface area (Å²) in [6.07, 6.45) is 7.11. The summed E-state index contributed by atoms with van der Waals surface area (Å²) in [4.78, 5) is 16.5. The van der Waals surface area contributed by atoms with Crippen LogP contribution in [0.5, 0.6) is 0 Å². The molecule has 0 aliphatic heterocycles. The zero-order chi connectivity index (χ0) is 15.4. The number of nitrogens with zero attached hydrogens (tertiary/aromatic N) is 3. The highest BCUT2D eigenvalue weighted by molar-refractivity contribution is 5.95. The van der Waals surface area contributed by atoms with Gasteiger partial charge in [0.05, 0.1) is 12.0 Å². The highest BCUT2D eigenvalue weighted by Gasteiger charge is 2.39. The highest BCUT2D eigenvalue weighted by atomic mass is 35.5. The topological polar surface area (TPSA) is 85.8 Å². The van der Waals surface area contributed by atoms with Crippen LogP contribution in [0.2, 0.25) is 0 Å². The lowest BCUT2D eigenvalue weighted by Gasteiger charge is -2.25. The first-order valence-corrected chi connectivity index (χ1v) is 7.65. The SMILES string of the molecule is Cl.Cl.NCC1(C(=O)Nc2cccc(Cn3cncn3)c2)CCCC1. The molecule has 1 heterocycles. The smallest absolute Gasteiger partial charge is 0.231 e. The molecule has 1 aromatic heterocycles. The number of rotatable bonds is 5.